The van der Waals surface area contributed by atoms with Gasteiger partial charge in [-0.15, -0.1) is 0 Å². The summed E-state index contributed by atoms with van der Waals surface area (Å²) in [7, 11) is -3.36. The van der Waals surface area contributed by atoms with Crippen molar-refractivity contribution >= 4 is 10.0 Å². The van der Waals surface area contributed by atoms with Gasteiger partial charge in [0.05, 0.1) is 17.6 Å². The van der Waals surface area contributed by atoms with E-state index in [9.17, 15) is 8.42 Å². The van der Waals surface area contributed by atoms with Crippen molar-refractivity contribution in [3.8, 4) is 0 Å². The Morgan fingerprint density at radius 2 is 1.72 bits per heavy atom. The molecule has 4 rings (SSSR count). The minimum atomic E-state index is -3.36. The van der Waals surface area contributed by atoms with Crippen LogP contribution in [-0.4, -0.2) is 63.1 Å². The first-order chi connectivity index (χ1) is 12.1. The zero-order valence-electron chi connectivity index (χ0n) is 14.8. The largest absolute Gasteiger partial charge is 0.376 e. The van der Waals surface area contributed by atoms with Gasteiger partial charge in [0.25, 0.3) is 0 Å². The molecule has 5 nitrogen and oxygen atoms in total. The Bertz CT molecular complexity index is 678. The minimum Gasteiger partial charge on any atom is -0.376 e. The van der Waals surface area contributed by atoms with Crippen LogP contribution in [0.5, 0.6) is 0 Å². The number of nitrogens with zero attached hydrogens (tertiary/aromatic N) is 2. The zero-order valence-corrected chi connectivity index (χ0v) is 15.6. The maximum atomic E-state index is 12.8. The Labute approximate surface area is 151 Å². The van der Waals surface area contributed by atoms with Crippen molar-refractivity contribution in [3.63, 3.8) is 0 Å². The van der Waals surface area contributed by atoms with Crippen LogP contribution in [0.15, 0.2) is 35.2 Å². The van der Waals surface area contributed by atoms with Gasteiger partial charge in [0.15, 0.2) is 0 Å². The van der Waals surface area contributed by atoms with Gasteiger partial charge in [-0.1, -0.05) is 18.2 Å². The van der Waals surface area contributed by atoms with Gasteiger partial charge in [-0.25, -0.2) is 8.42 Å². The maximum absolute atomic E-state index is 12.8. The number of hydrogen-bond donors (Lipinski definition) is 0. The molecule has 3 heterocycles. The van der Waals surface area contributed by atoms with E-state index in [4.69, 9.17) is 4.74 Å². The van der Waals surface area contributed by atoms with Gasteiger partial charge in [-0.3, -0.25) is 0 Å². The molecule has 0 amide bonds. The fraction of sp³-hybridized carbons (Fsp3) is 0.684. The van der Waals surface area contributed by atoms with Crippen molar-refractivity contribution in [3.05, 3.63) is 30.3 Å². The third-order valence-electron chi connectivity index (χ3n) is 6.11. The fourth-order valence-electron chi connectivity index (χ4n) is 4.56. The fourth-order valence-corrected chi connectivity index (χ4v) is 6.02. The van der Waals surface area contributed by atoms with E-state index in [-0.39, 0.29) is 5.41 Å². The van der Waals surface area contributed by atoms with E-state index < -0.39 is 10.0 Å². The van der Waals surface area contributed by atoms with E-state index in [2.05, 4.69) is 4.90 Å². The Morgan fingerprint density at radius 1 is 1.04 bits per heavy atom. The number of sulfonamides is 1. The van der Waals surface area contributed by atoms with Gasteiger partial charge < -0.3 is 9.64 Å². The summed E-state index contributed by atoms with van der Waals surface area (Å²) in [5.74, 6) is 0. The highest BCUT2D eigenvalue weighted by Crippen LogP contribution is 2.43. The summed E-state index contributed by atoms with van der Waals surface area (Å²) in [5, 5.41) is 0. The van der Waals surface area contributed by atoms with Crippen LogP contribution in [0.25, 0.3) is 0 Å². The van der Waals surface area contributed by atoms with Crippen LogP contribution < -0.4 is 0 Å². The van der Waals surface area contributed by atoms with Crippen LogP contribution >= 0.6 is 0 Å². The lowest BCUT2D eigenvalue weighted by Crippen LogP contribution is -2.43. The molecule has 0 radical (unpaired) electrons. The van der Waals surface area contributed by atoms with Gasteiger partial charge >= 0.3 is 0 Å². The summed E-state index contributed by atoms with van der Waals surface area (Å²) in [6.45, 7) is 5.47. The molecule has 6 heteroatoms. The number of likely N-dealkylation sites (tertiary alicyclic amines) is 1. The molecule has 0 bridgehead atoms. The lowest BCUT2D eigenvalue weighted by atomic mass is 9.77. The second kappa shape index (κ2) is 6.99. The highest BCUT2D eigenvalue weighted by molar-refractivity contribution is 7.89. The molecule has 0 saturated carbocycles. The Morgan fingerprint density at radius 3 is 2.40 bits per heavy atom. The lowest BCUT2D eigenvalue weighted by molar-refractivity contribution is 0.0627. The first-order valence-corrected chi connectivity index (χ1v) is 10.9. The standard InChI is InChI=1S/C19H28N2O3S/c22-25(23,18-6-2-1-3-7-18)21-12-8-19(9-13-21)14-17(24-16-19)15-20-10-4-5-11-20/h1-3,6-7,17H,4-5,8-16H2/t17-/m0/s1. The SMILES string of the molecule is O=S(=O)(c1ccccc1)N1CCC2(CC1)CO[C@H](CN1CCCC1)C2. The molecule has 138 valence electrons. The van der Waals surface area contributed by atoms with Crippen molar-refractivity contribution in [1.29, 1.82) is 0 Å². The van der Waals surface area contributed by atoms with E-state index in [0.29, 0.717) is 24.1 Å². The van der Waals surface area contributed by atoms with Crippen molar-refractivity contribution in [1.82, 2.24) is 9.21 Å². The highest BCUT2D eigenvalue weighted by Gasteiger charge is 2.44. The topological polar surface area (TPSA) is 49.9 Å². The second-order valence-corrected chi connectivity index (χ2v) is 9.80. The molecule has 1 aromatic rings. The zero-order chi connectivity index (χ0) is 17.3. The second-order valence-electron chi connectivity index (χ2n) is 7.86. The quantitative estimate of drug-likeness (QED) is 0.823. The molecule has 1 spiro atoms. The molecular weight excluding hydrogens is 336 g/mol. The number of hydrogen-bond acceptors (Lipinski definition) is 4. The molecule has 0 N–H and O–H groups in total. The number of rotatable bonds is 4. The van der Waals surface area contributed by atoms with Gasteiger partial charge in [0.1, 0.15) is 0 Å². The molecule has 0 aliphatic carbocycles. The van der Waals surface area contributed by atoms with Crippen molar-refractivity contribution in [2.75, 3.05) is 39.3 Å². The van der Waals surface area contributed by atoms with Crippen LogP contribution in [0.2, 0.25) is 0 Å². The highest BCUT2D eigenvalue weighted by atomic mass is 32.2. The molecule has 3 fully saturated rings. The van der Waals surface area contributed by atoms with E-state index in [1.165, 1.54) is 25.9 Å². The molecule has 0 unspecified atom stereocenters. The van der Waals surface area contributed by atoms with Crippen LogP contribution in [0, 0.1) is 5.41 Å². The first kappa shape index (κ1) is 17.5. The van der Waals surface area contributed by atoms with E-state index in [1.54, 1.807) is 28.6 Å². The molecule has 3 aliphatic rings. The smallest absolute Gasteiger partial charge is 0.243 e. The summed E-state index contributed by atoms with van der Waals surface area (Å²) in [5.41, 5.74) is 0.188. The third-order valence-corrected chi connectivity index (χ3v) is 8.02. The Kier molecular flexibility index (Phi) is 4.88. The van der Waals surface area contributed by atoms with Gasteiger partial charge in [-0.2, -0.15) is 4.31 Å². The van der Waals surface area contributed by atoms with E-state index in [1.807, 2.05) is 6.07 Å². The predicted molar refractivity (Wildman–Crippen MR) is 96.9 cm³/mol. The third kappa shape index (κ3) is 3.63. The summed E-state index contributed by atoms with van der Waals surface area (Å²) in [6, 6.07) is 8.79. The lowest BCUT2D eigenvalue weighted by Gasteiger charge is -2.37. The summed E-state index contributed by atoms with van der Waals surface area (Å²) in [6.07, 6.45) is 5.86. The monoisotopic (exact) mass is 364 g/mol. The number of piperidine rings is 1. The molecule has 1 aromatic carbocycles. The molecule has 3 aliphatic heterocycles. The Balaban J connectivity index is 1.35. The normalized spacial score (nSPS) is 27.9. The first-order valence-electron chi connectivity index (χ1n) is 9.47. The van der Waals surface area contributed by atoms with Crippen LogP contribution in [-0.2, 0) is 14.8 Å². The molecule has 0 aromatic heterocycles. The average Bonchev–Trinajstić information content (AvgIpc) is 3.27. The minimum absolute atomic E-state index is 0.188. The molecule has 3 saturated heterocycles. The maximum Gasteiger partial charge on any atom is 0.243 e. The van der Waals surface area contributed by atoms with Gasteiger partial charge in [0.2, 0.25) is 10.0 Å². The molecule has 1 atom stereocenters. The van der Waals surface area contributed by atoms with Crippen LogP contribution in [0.3, 0.4) is 0 Å². The summed E-state index contributed by atoms with van der Waals surface area (Å²) in [4.78, 5) is 2.92. The van der Waals surface area contributed by atoms with Gasteiger partial charge in [-0.05, 0) is 62.7 Å². The van der Waals surface area contributed by atoms with Crippen molar-refractivity contribution in [2.24, 2.45) is 5.41 Å². The van der Waals surface area contributed by atoms with Gasteiger partial charge in [0, 0.05) is 19.6 Å². The Hall–Kier alpha value is -0.950. The average molecular weight is 365 g/mol. The van der Waals surface area contributed by atoms with Crippen molar-refractivity contribution in [2.45, 2.75) is 43.1 Å². The van der Waals surface area contributed by atoms with Crippen LogP contribution in [0.4, 0.5) is 0 Å². The predicted octanol–water partition coefficient (Wildman–Crippen LogP) is 2.34. The summed E-state index contributed by atoms with van der Waals surface area (Å²) >= 11 is 0. The number of benzene rings is 1. The van der Waals surface area contributed by atoms with E-state index in [0.717, 1.165) is 32.4 Å². The van der Waals surface area contributed by atoms with E-state index >= 15 is 0 Å². The van der Waals surface area contributed by atoms with Crippen LogP contribution in [0.1, 0.15) is 32.1 Å². The number of ether oxygens (including phenoxy) is 1. The summed E-state index contributed by atoms with van der Waals surface area (Å²) < 4.78 is 33.3. The van der Waals surface area contributed by atoms with Crippen molar-refractivity contribution < 1.29 is 13.2 Å². The molecule has 25 heavy (non-hydrogen) atoms. The molecular formula is C19H28N2O3S.